The van der Waals surface area contributed by atoms with Crippen LogP contribution in [0.15, 0.2) is 36.4 Å². The second-order valence-electron chi connectivity index (χ2n) is 3.04. The van der Waals surface area contributed by atoms with Crippen molar-refractivity contribution in [3.05, 3.63) is 58.3 Å². The molecule has 75 valence electrons. The minimum Gasteiger partial charge on any atom is -0.206 e. The van der Waals surface area contributed by atoms with Gasteiger partial charge in [0, 0.05) is 16.7 Å². The Balaban J connectivity index is 2.59. The van der Waals surface area contributed by atoms with E-state index < -0.39 is 5.82 Å². The predicted molar refractivity (Wildman–Crippen MR) is 60.7 cm³/mol. The molecule has 0 N–H and O–H groups in total. The summed E-state index contributed by atoms with van der Waals surface area (Å²) in [5.74, 6) is -0.489. The lowest BCUT2D eigenvalue weighted by atomic mass is 10.1. The first kappa shape index (κ1) is 10.5. The molecule has 15 heavy (non-hydrogen) atoms. The molecule has 2 aromatic rings. The Morgan fingerprint density at radius 2 is 1.80 bits per heavy atom. The van der Waals surface area contributed by atoms with Crippen molar-refractivity contribution >= 4 is 23.2 Å². The summed E-state index contributed by atoms with van der Waals surface area (Å²) in [5, 5.41) is 0.809. The minimum absolute atomic E-state index is 0.241. The molecular weight excluding hydrogens is 234 g/mol. The van der Waals surface area contributed by atoms with E-state index in [4.69, 9.17) is 23.2 Å². The van der Waals surface area contributed by atoms with E-state index in [1.165, 1.54) is 6.07 Å². The maximum Gasteiger partial charge on any atom is 0.133 e. The van der Waals surface area contributed by atoms with Gasteiger partial charge in [-0.2, -0.15) is 0 Å². The van der Waals surface area contributed by atoms with E-state index in [9.17, 15) is 4.39 Å². The molecule has 0 atom stereocenters. The van der Waals surface area contributed by atoms with Crippen molar-refractivity contribution < 1.29 is 4.39 Å². The average molecular weight is 240 g/mol. The van der Waals surface area contributed by atoms with E-state index in [2.05, 4.69) is 6.07 Å². The van der Waals surface area contributed by atoms with Gasteiger partial charge in [0.1, 0.15) is 5.82 Å². The topological polar surface area (TPSA) is 0 Å². The first-order valence-electron chi connectivity index (χ1n) is 4.30. The molecule has 0 heterocycles. The highest BCUT2D eigenvalue weighted by atomic mass is 35.5. The summed E-state index contributed by atoms with van der Waals surface area (Å²) in [5.41, 5.74) is 1.41. The Bertz CT molecular complexity index is 474. The van der Waals surface area contributed by atoms with Crippen LogP contribution < -0.4 is 0 Å². The molecule has 0 fully saturated rings. The Hall–Kier alpha value is -1.05. The van der Waals surface area contributed by atoms with Gasteiger partial charge in [0.05, 0.1) is 5.02 Å². The third-order valence-electron chi connectivity index (χ3n) is 1.99. The van der Waals surface area contributed by atoms with Gasteiger partial charge in [0.2, 0.25) is 0 Å². The van der Waals surface area contributed by atoms with Gasteiger partial charge in [0.15, 0.2) is 0 Å². The number of hydrogen-bond acceptors (Lipinski definition) is 0. The largest absolute Gasteiger partial charge is 0.206 e. The van der Waals surface area contributed by atoms with Crippen LogP contribution in [-0.4, -0.2) is 0 Å². The molecule has 0 unspecified atom stereocenters. The van der Waals surface area contributed by atoms with Gasteiger partial charge >= 0.3 is 0 Å². The second kappa shape index (κ2) is 4.21. The van der Waals surface area contributed by atoms with Gasteiger partial charge < -0.3 is 0 Å². The van der Waals surface area contributed by atoms with Crippen molar-refractivity contribution in [3.8, 4) is 11.1 Å². The minimum atomic E-state index is -0.489. The number of hydrogen-bond donors (Lipinski definition) is 0. The fourth-order valence-electron chi connectivity index (χ4n) is 1.35. The fourth-order valence-corrected chi connectivity index (χ4v) is 1.80. The quantitative estimate of drug-likeness (QED) is 0.683. The Labute approximate surface area is 97.3 Å². The molecule has 0 saturated carbocycles. The molecule has 0 aliphatic rings. The Kier molecular flexibility index (Phi) is 2.94. The summed E-state index contributed by atoms with van der Waals surface area (Å²) in [6.07, 6.45) is 0. The third kappa shape index (κ3) is 2.31. The Morgan fingerprint density at radius 3 is 2.47 bits per heavy atom. The second-order valence-corrected chi connectivity index (χ2v) is 3.86. The SMILES string of the molecule is Fc1[c]c(Cl)cc(-c2ccccc2Cl)c1. The van der Waals surface area contributed by atoms with Crippen LogP contribution in [-0.2, 0) is 0 Å². The van der Waals surface area contributed by atoms with Gasteiger partial charge in [-0.1, -0.05) is 41.4 Å². The lowest BCUT2D eigenvalue weighted by molar-refractivity contribution is 0.626. The maximum absolute atomic E-state index is 13.1. The highest BCUT2D eigenvalue weighted by Crippen LogP contribution is 2.29. The van der Waals surface area contributed by atoms with E-state index >= 15 is 0 Å². The van der Waals surface area contributed by atoms with Crippen LogP contribution in [0.2, 0.25) is 10.0 Å². The van der Waals surface area contributed by atoms with Crippen molar-refractivity contribution in [2.75, 3.05) is 0 Å². The van der Waals surface area contributed by atoms with Crippen LogP contribution in [0.3, 0.4) is 0 Å². The lowest BCUT2D eigenvalue weighted by Crippen LogP contribution is -1.82. The predicted octanol–water partition coefficient (Wildman–Crippen LogP) is 4.60. The van der Waals surface area contributed by atoms with E-state index in [0.717, 1.165) is 5.56 Å². The number of halogens is 3. The summed E-state index contributed by atoms with van der Waals surface area (Å²) in [7, 11) is 0. The van der Waals surface area contributed by atoms with Crippen molar-refractivity contribution in [1.29, 1.82) is 0 Å². The molecule has 0 spiro atoms. The molecule has 0 amide bonds. The van der Waals surface area contributed by atoms with Crippen LogP contribution in [0.25, 0.3) is 11.1 Å². The van der Waals surface area contributed by atoms with Gasteiger partial charge in [-0.15, -0.1) is 0 Å². The van der Waals surface area contributed by atoms with Crippen LogP contribution in [0, 0.1) is 11.9 Å². The molecule has 0 saturated heterocycles. The molecule has 0 aliphatic carbocycles. The van der Waals surface area contributed by atoms with Crippen molar-refractivity contribution in [1.82, 2.24) is 0 Å². The van der Waals surface area contributed by atoms with Crippen molar-refractivity contribution in [3.63, 3.8) is 0 Å². The smallest absolute Gasteiger partial charge is 0.133 e. The fraction of sp³-hybridized carbons (Fsp3) is 0. The van der Waals surface area contributed by atoms with Crippen LogP contribution >= 0.6 is 23.2 Å². The van der Waals surface area contributed by atoms with Gasteiger partial charge in [-0.25, -0.2) is 4.39 Å². The molecule has 3 heteroatoms. The third-order valence-corrected chi connectivity index (χ3v) is 2.52. The zero-order valence-electron chi connectivity index (χ0n) is 7.60. The first-order chi connectivity index (χ1) is 7.16. The summed E-state index contributed by atoms with van der Waals surface area (Å²) in [6.45, 7) is 0. The zero-order chi connectivity index (χ0) is 10.8. The van der Waals surface area contributed by atoms with Crippen molar-refractivity contribution in [2.45, 2.75) is 0 Å². The summed E-state index contributed by atoms with van der Waals surface area (Å²) in [6, 6.07) is 12.6. The van der Waals surface area contributed by atoms with E-state index in [0.29, 0.717) is 10.6 Å². The standard InChI is InChI=1S/C12H6Cl2F/c13-9-5-8(6-10(15)7-9)11-3-1-2-4-12(11)14/h1-6H. The molecule has 1 radical (unpaired) electrons. The van der Waals surface area contributed by atoms with Crippen LogP contribution in [0.4, 0.5) is 4.39 Å². The monoisotopic (exact) mass is 239 g/mol. The summed E-state index contributed by atoms with van der Waals surface area (Å²) >= 11 is 11.7. The van der Waals surface area contributed by atoms with Gasteiger partial charge in [-0.05, 0) is 23.8 Å². The van der Waals surface area contributed by atoms with E-state index in [-0.39, 0.29) is 5.02 Å². The van der Waals surface area contributed by atoms with Crippen LogP contribution in [0.1, 0.15) is 0 Å². The zero-order valence-corrected chi connectivity index (χ0v) is 9.11. The Morgan fingerprint density at radius 1 is 1.07 bits per heavy atom. The highest BCUT2D eigenvalue weighted by Gasteiger charge is 2.05. The number of benzene rings is 2. The van der Waals surface area contributed by atoms with Crippen molar-refractivity contribution in [2.24, 2.45) is 0 Å². The molecule has 2 rings (SSSR count). The van der Waals surface area contributed by atoms with Gasteiger partial charge in [0.25, 0.3) is 0 Å². The summed E-state index contributed by atoms with van der Waals surface area (Å²) < 4.78 is 13.1. The molecule has 0 aromatic heterocycles. The maximum atomic E-state index is 13.1. The molecule has 0 nitrogen and oxygen atoms in total. The van der Waals surface area contributed by atoms with E-state index in [1.54, 1.807) is 12.1 Å². The molecule has 0 aliphatic heterocycles. The van der Waals surface area contributed by atoms with E-state index in [1.807, 2.05) is 18.2 Å². The lowest BCUT2D eigenvalue weighted by Gasteiger charge is -2.04. The molecular formula is C12H6Cl2F. The molecule has 2 aromatic carbocycles. The van der Waals surface area contributed by atoms with Gasteiger partial charge in [-0.3, -0.25) is 0 Å². The highest BCUT2D eigenvalue weighted by molar-refractivity contribution is 6.33. The van der Waals surface area contributed by atoms with Crippen LogP contribution in [0.5, 0.6) is 0 Å². The number of rotatable bonds is 1. The normalized spacial score (nSPS) is 10.3. The average Bonchev–Trinajstić information content (AvgIpc) is 2.16. The molecule has 0 bridgehead atoms. The first-order valence-corrected chi connectivity index (χ1v) is 5.05. The summed E-state index contributed by atoms with van der Waals surface area (Å²) in [4.78, 5) is 0.